The van der Waals surface area contributed by atoms with Crippen LogP contribution in [0.1, 0.15) is 24.0 Å². The number of amides is 1. The maximum absolute atomic E-state index is 12.6. The summed E-state index contributed by atoms with van der Waals surface area (Å²) in [6, 6.07) is 14.4. The summed E-state index contributed by atoms with van der Waals surface area (Å²) in [6.45, 7) is 5.87. The molecule has 1 aliphatic heterocycles. The van der Waals surface area contributed by atoms with Crippen molar-refractivity contribution in [3.05, 3.63) is 53.6 Å². The zero-order valence-corrected chi connectivity index (χ0v) is 16.0. The number of nitrogens with zero attached hydrogens (tertiary/aromatic N) is 2. The van der Waals surface area contributed by atoms with E-state index in [4.69, 9.17) is 4.98 Å². The Morgan fingerprint density at radius 2 is 1.92 bits per heavy atom. The second kappa shape index (κ2) is 7.08. The summed E-state index contributed by atoms with van der Waals surface area (Å²) < 4.78 is 1.22. The van der Waals surface area contributed by atoms with Gasteiger partial charge in [0.1, 0.15) is 0 Å². The number of rotatable bonds is 3. The number of carbonyl (C=O) groups excluding carboxylic acids is 1. The molecule has 1 aliphatic rings. The largest absolute Gasteiger partial charge is 0.348 e. The Bertz CT molecular complexity index is 908. The fourth-order valence-electron chi connectivity index (χ4n) is 3.52. The van der Waals surface area contributed by atoms with Crippen LogP contribution in [0.25, 0.3) is 10.2 Å². The molecular formula is C21H23N3OS. The molecule has 0 spiro atoms. The van der Waals surface area contributed by atoms with Crippen LogP contribution in [0, 0.1) is 19.8 Å². The highest BCUT2D eigenvalue weighted by atomic mass is 32.1. The fourth-order valence-corrected chi connectivity index (χ4v) is 4.53. The molecule has 3 aromatic rings. The minimum absolute atomic E-state index is 0.0707. The number of thiazole rings is 1. The molecule has 0 unspecified atom stereocenters. The van der Waals surface area contributed by atoms with Gasteiger partial charge in [0, 0.05) is 24.7 Å². The minimum atomic E-state index is 0.0707. The predicted octanol–water partition coefficient (Wildman–Crippen LogP) is 4.77. The number of hydrogen-bond donors (Lipinski definition) is 1. The monoisotopic (exact) mass is 365 g/mol. The van der Waals surface area contributed by atoms with Gasteiger partial charge in [-0.15, -0.1) is 0 Å². The smallest absolute Gasteiger partial charge is 0.227 e. The van der Waals surface area contributed by atoms with Gasteiger partial charge in [0.05, 0.1) is 10.2 Å². The summed E-state index contributed by atoms with van der Waals surface area (Å²) in [5.74, 6) is 0.210. The van der Waals surface area contributed by atoms with Crippen LogP contribution < -0.4 is 10.2 Å². The van der Waals surface area contributed by atoms with E-state index in [1.165, 1.54) is 10.3 Å². The van der Waals surface area contributed by atoms with Crippen molar-refractivity contribution in [3.8, 4) is 0 Å². The summed E-state index contributed by atoms with van der Waals surface area (Å²) in [6.07, 6.45) is 1.74. The quantitative estimate of drug-likeness (QED) is 0.727. The number of para-hydroxylation sites is 1. The van der Waals surface area contributed by atoms with Gasteiger partial charge in [-0.25, -0.2) is 4.98 Å². The van der Waals surface area contributed by atoms with Crippen LogP contribution in [0.4, 0.5) is 10.8 Å². The third-order valence-corrected chi connectivity index (χ3v) is 6.16. The zero-order valence-electron chi connectivity index (χ0n) is 15.2. The Kier molecular flexibility index (Phi) is 4.64. The van der Waals surface area contributed by atoms with Crippen LogP contribution in [0.2, 0.25) is 0 Å². The molecule has 0 radical (unpaired) electrons. The maximum Gasteiger partial charge on any atom is 0.227 e. The predicted molar refractivity (Wildman–Crippen MR) is 109 cm³/mol. The van der Waals surface area contributed by atoms with Gasteiger partial charge in [-0.2, -0.15) is 0 Å². The lowest BCUT2D eigenvalue weighted by Crippen LogP contribution is -2.38. The average Bonchev–Trinajstić information content (AvgIpc) is 3.08. The maximum atomic E-state index is 12.6. The number of piperidine rings is 1. The van der Waals surface area contributed by atoms with E-state index in [1.54, 1.807) is 11.3 Å². The van der Waals surface area contributed by atoms with E-state index in [2.05, 4.69) is 35.3 Å². The molecule has 2 heterocycles. The Balaban J connectivity index is 1.39. The molecule has 4 nitrogen and oxygen atoms in total. The summed E-state index contributed by atoms with van der Waals surface area (Å²) in [5.41, 5.74) is 4.31. The molecule has 0 atom stereocenters. The van der Waals surface area contributed by atoms with Crippen molar-refractivity contribution in [3.63, 3.8) is 0 Å². The van der Waals surface area contributed by atoms with E-state index in [-0.39, 0.29) is 11.8 Å². The van der Waals surface area contributed by atoms with Crippen molar-refractivity contribution >= 4 is 38.3 Å². The molecular weight excluding hydrogens is 342 g/mol. The van der Waals surface area contributed by atoms with Crippen LogP contribution in [0.5, 0.6) is 0 Å². The van der Waals surface area contributed by atoms with E-state index in [0.717, 1.165) is 47.8 Å². The molecule has 1 amide bonds. The van der Waals surface area contributed by atoms with Crippen LogP contribution >= 0.6 is 11.3 Å². The van der Waals surface area contributed by atoms with Crippen molar-refractivity contribution in [2.24, 2.45) is 5.92 Å². The number of benzene rings is 2. The number of aryl methyl sites for hydroxylation is 2. The van der Waals surface area contributed by atoms with Crippen molar-refractivity contribution < 1.29 is 4.79 Å². The third kappa shape index (κ3) is 3.44. The molecule has 26 heavy (non-hydrogen) atoms. The number of carbonyl (C=O) groups is 1. The summed E-state index contributed by atoms with van der Waals surface area (Å²) in [7, 11) is 0. The summed E-state index contributed by atoms with van der Waals surface area (Å²) >= 11 is 1.73. The highest BCUT2D eigenvalue weighted by Gasteiger charge is 2.26. The van der Waals surface area contributed by atoms with E-state index < -0.39 is 0 Å². The van der Waals surface area contributed by atoms with E-state index >= 15 is 0 Å². The molecule has 1 N–H and O–H groups in total. The number of fused-ring (bicyclic) bond motifs is 1. The van der Waals surface area contributed by atoms with E-state index in [9.17, 15) is 4.79 Å². The highest BCUT2D eigenvalue weighted by Crippen LogP contribution is 2.31. The Morgan fingerprint density at radius 1 is 1.15 bits per heavy atom. The van der Waals surface area contributed by atoms with E-state index in [1.807, 2.05) is 31.2 Å². The fraction of sp³-hybridized carbons (Fsp3) is 0.333. The summed E-state index contributed by atoms with van der Waals surface area (Å²) in [4.78, 5) is 19.7. The molecule has 2 aromatic carbocycles. The molecule has 0 aliphatic carbocycles. The molecule has 134 valence electrons. The normalized spacial score (nSPS) is 15.4. The standard InChI is InChI=1S/C21H23N3OS/c1-14-7-8-17(15(2)13-14)22-20(25)16-9-11-24(12-10-16)21-23-18-5-3-4-6-19(18)26-21/h3-8,13,16H,9-12H2,1-2H3,(H,22,25). The zero-order chi connectivity index (χ0) is 18.1. The highest BCUT2D eigenvalue weighted by molar-refractivity contribution is 7.22. The first kappa shape index (κ1) is 17.0. The number of hydrogen-bond acceptors (Lipinski definition) is 4. The number of nitrogens with one attached hydrogen (secondary N) is 1. The minimum Gasteiger partial charge on any atom is -0.348 e. The van der Waals surface area contributed by atoms with Gasteiger partial charge in [-0.05, 0) is 50.5 Å². The molecule has 1 aromatic heterocycles. The Hall–Kier alpha value is -2.40. The Morgan fingerprint density at radius 3 is 2.65 bits per heavy atom. The molecule has 1 fully saturated rings. The van der Waals surface area contributed by atoms with Gasteiger partial charge in [-0.3, -0.25) is 4.79 Å². The average molecular weight is 366 g/mol. The second-order valence-corrected chi connectivity index (χ2v) is 8.04. The first-order valence-electron chi connectivity index (χ1n) is 9.09. The first-order chi connectivity index (χ1) is 12.6. The molecule has 4 rings (SSSR count). The van der Waals surface area contributed by atoms with Gasteiger partial charge in [0.15, 0.2) is 5.13 Å². The third-order valence-electron chi connectivity index (χ3n) is 5.06. The van der Waals surface area contributed by atoms with Gasteiger partial charge >= 0.3 is 0 Å². The van der Waals surface area contributed by atoms with Crippen LogP contribution in [0.15, 0.2) is 42.5 Å². The van der Waals surface area contributed by atoms with Crippen LogP contribution in [0.3, 0.4) is 0 Å². The topological polar surface area (TPSA) is 45.2 Å². The lowest BCUT2D eigenvalue weighted by Gasteiger charge is -2.31. The molecule has 0 saturated carbocycles. The van der Waals surface area contributed by atoms with Crippen molar-refractivity contribution in [2.45, 2.75) is 26.7 Å². The first-order valence-corrected chi connectivity index (χ1v) is 9.90. The summed E-state index contributed by atoms with van der Waals surface area (Å²) in [5, 5.41) is 4.18. The molecule has 1 saturated heterocycles. The van der Waals surface area contributed by atoms with Crippen LogP contribution in [-0.2, 0) is 4.79 Å². The number of aromatic nitrogens is 1. The van der Waals surface area contributed by atoms with E-state index in [0.29, 0.717) is 0 Å². The van der Waals surface area contributed by atoms with Gasteiger partial charge in [-0.1, -0.05) is 41.2 Å². The van der Waals surface area contributed by atoms with Crippen molar-refractivity contribution in [1.29, 1.82) is 0 Å². The van der Waals surface area contributed by atoms with Gasteiger partial charge in [0.2, 0.25) is 5.91 Å². The van der Waals surface area contributed by atoms with Gasteiger partial charge < -0.3 is 10.2 Å². The second-order valence-electron chi connectivity index (χ2n) is 7.03. The molecule has 0 bridgehead atoms. The lowest BCUT2D eigenvalue weighted by molar-refractivity contribution is -0.120. The lowest BCUT2D eigenvalue weighted by atomic mass is 9.96. The Labute approximate surface area is 157 Å². The molecule has 5 heteroatoms. The van der Waals surface area contributed by atoms with Crippen molar-refractivity contribution in [2.75, 3.05) is 23.3 Å². The van der Waals surface area contributed by atoms with Gasteiger partial charge in [0.25, 0.3) is 0 Å². The SMILES string of the molecule is Cc1ccc(NC(=O)C2CCN(c3nc4ccccc4s3)CC2)c(C)c1. The van der Waals surface area contributed by atoms with Crippen LogP contribution in [-0.4, -0.2) is 24.0 Å². The number of anilines is 2. The van der Waals surface area contributed by atoms with Crippen molar-refractivity contribution in [1.82, 2.24) is 4.98 Å².